The highest BCUT2D eigenvalue weighted by Crippen LogP contribution is 2.20. The Morgan fingerprint density at radius 1 is 1.36 bits per heavy atom. The molecule has 1 fully saturated rings. The van der Waals surface area contributed by atoms with Crippen LogP contribution in [0.15, 0.2) is 23.2 Å². The molecule has 4 nitrogen and oxygen atoms in total. The predicted octanol–water partition coefficient (Wildman–Crippen LogP) is 4.33. The third kappa shape index (κ3) is 7.48. The summed E-state index contributed by atoms with van der Waals surface area (Å²) < 4.78 is 19.5. The molecule has 1 aliphatic carbocycles. The number of aryl methyl sites for hydroxylation is 1. The topological polar surface area (TPSA) is 45.7 Å². The summed E-state index contributed by atoms with van der Waals surface area (Å²) in [6.45, 7) is 5.36. The van der Waals surface area contributed by atoms with Crippen LogP contribution in [0.1, 0.15) is 56.2 Å². The molecule has 0 heterocycles. The first kappa shape index (κ1) is 22.2. The highest BCUT2D eigenvalue weighted by molar-refractivity contribution is 14.0. The highest BCUT2D eigenvalue weighted by Gasteiger charge is 2.14. The van der Waals surface area contributed by atoms with Crippen molar-refractivity contribution in [1.29, 1.82) is 0 Å². The van der Waals surface area contributed by atoms with Crippen LogP contribution < -0.4 is 10.6 Å². The Kier molecular flexibility index (Phi) is 10.3. The van der Waals surface area contributed by atoms with Crippen molar-refractivity contribution in [2.75, 3.05) is 20.2 Å². The van der Waals surface area contributed by atoms with Crippen molar-refractivity contribution in [3.63, 3.8) is 0 Å². The van der Waals surface area contributed by atoms with Crippen LogP contribution in [0.2, 0.25) is 0 Å². The molecule has 0 aromatic heterocycles. The van der Waals surface area contributed by atoms with Crippen LogP contribution in [-0.4, -0.2) is 32.3 Å². The molecule has 0 saturated heterocycles. The minimum absolute atomic E-state index is 0. The van der Waals surface area contributed by atoms with Gasteiger partial charge >= 0.3 is 0 Å². The molecular weight excluding hydrogens is 432 g/mol. The summed E-state index contributed by atoms with van der Waals surface area (Å²) in [4.78, 5) is 4.23. The lowest BCUT2D eigenvalue weighted by atomic mass is 10.1. The maximum absolute atomic E-state index is 13.7. The maximum atomic E-state index is 13.7. The zero-order valence-electron chi connectivity index (χ0n) is 15.5. The normalized spacial score (nSPS) is 16.4. The third-order valence-electron chi connectivity index (χ3n) is 4.54. The van der Waals surface area contributed by atoms with Gasteiger partial charge in [0.05, 0.1) is 12.1 Å². The fourth-order valence-corrected chi connectivity index (χ4v) is 2.95. The predicted molar refractivity (Wildman–Crippen MR) is 112 cm³/mol. The SMILES string of the molecule is CN=C(NCCCOC1CCCC1)NC(C)c1ccc(C)c(F)c1.I. The number of halogens is 2. The van der Waals surface area contributed by atoms with Gasteiger partial charge in [-0.2, -0.15) is 0 Å². The van der Waals surface area contributed by atoms with E-state index in [2.05, 4.69) is 15.6 Å². The Bertz CT molecular complexity index is 547. The van der Waals surface area contributed by atoms with E-state index >= 15 is 0 Å². The minimum atomic E-state index is -0.173. The van der Waals surface area contributed by atoms with E-state index in [0.717, 1.165) is 31.1 Å². The van der Waals surface area contributed by atoms with Crippen molar-refractivity contribution in [3.05, 3.63) is 35.1 Å². The van der Waals surface area contributed by atoms with E-state index in [4.69, 9.17) is 4.74 Å². The summed E-state index contributed by atoms with van der Waals surface area (Å²) in [7, 11) is 1.74. The van der Waals surface area contributed by atoms with Gasteiger partial charge in [0.25, 0.3) is 0 Å². The number of hydrogen-bond acceptors (Lipinski definition) is 2. The molecule has 2 N–H and O–H groups in total. The molecule has 0 spiro atoms. The number of nitrogens with zero attached hydrogens (tertiary/aromatic N) is 1. The second-order valence-electron chi connectivity index (χ2n) is 6.50. The molecule has 1 saturated carbocycles. The second-order valence-corrected chi connectivity index (χ2v) is 6.50. The largest absolute Gasteiger partial charge is 0.378 e. The number of benzene rings is 1. The van der Waals surface area contributed by atoms with Gasteiger partial charge in [0, 0.05) is 20.2 Å². The van der Waals surface area contributed by atoms with Crippen molar-refractivity contribution in [1.82, 2.24) is 10.6 Å². The molecular formula is C19H31FIN3O. The molecule has 1 unspecified atom stereocenters. The van der Waals surface area contributed by atoms with Gasteiger partial charge in [-0.1, -0.05) is 25.0 Å². The van der Waals surface area contributed by atoms with Crippen molar-refractivity contribution in [2.24, 2.45) is 4.99 Å². The van der Waals surface area contributed by atoms with Crippen LogP contribution >= 0.6 is 24.0 Å². The van der Waals surface area contributed by atoms with Gasteiger partial charge in [0.1, 0.15) is 5.82 Å². The third-order valence-corrected chi connectivity index (χ3v) is 4.54. The fourth-order valence-electron chi connectivity index (χ4n) is 2.95. The molecule has 0 bridgehead atoms. The molecule has 0 amide bonds. The number of nitrogens with one attached hydrogen (secondary N) is 2. The maximum Gasteiger partial charge on any atom is 0.191 e. The Hall–Kier alpha value is -0.890. The van der Waals surface area contributed by atoms with E-state index in [9.17, 15) is 4.39 Å². The second kappa shape index (κ2) is 11.7. The first-order chi connectivity index (χ1) is 11.6. The molecule has 1 aromatic rings. The number of guanidine groups is 1. The Labute approximate surface area is 168 Å². The number of ether oxygens (including phenoxy) is 1. The quantitative estimate of drug-likeness (QED) is 0.274. The van der Waals surface area contributed by atoms with Crippen LogP contribution in [0.5, 0.6) is 0 Å². The molecule has 25 heavy (non-hydrogen) atoms. The zero-order chi connectivity index (χ0) is 17.4. The lowest BCUT2D eigenvalue weighted by Gasteiger charge is -2.19. The van der Waals surface area contributed by atoms with E-state index in [1.807, 2.05) is 13.0 Å². The summed E-state index contributed by atoms with van der Waals surface area (Å²) in [5, 5.41) is 6.58. The highest BCUT2D eigenvalue weighted by atomic mass is 127. The monoisotopic (exact) mass is 463 g/mol. The van der Waals surface area contributed by atoms with E-state index in [1.54, 1.807) is 26.1 Å². The molecule has 2 rings (SSSR count). The fraction of sp³-hybridized carbons (Fsp3) is 0.632. The molecule has 1 aromatic carbocycles. The van der Waals surface area contributed by atoms with Crippen LogP contribution in [0.4, 0.5) is 4.39 Å². The van der Waals surface area contributed by atoms with Gasteiger partial charge < -0.3 is 15.4 Å². The van der Waals surface area contributed by atoms with Crippen LogP contribution in [0, 0.1) is 12.7 Å². The summed E-state index contributed by atoms with van der Waals surface area (Å²) in [6, 6.07) is 5.31. The van der Waals surface area contributed by atoms with Crippen LogP contribution in [-0.2, 0) is 4.74 Å². The van der Waals surface area contributed by atoms with Crippen molar-refractivity contribution >= 4 is 29.9 Å². The molecule has 1 atom stereocenters. The summed E-state index contributed by atoms with van der Waals surface area (Å²) in [5.74, 6) is 0.553. The van der Waals surface area contributed by atoms with Crippen molar-refractivity contribution < 1.29 is 9.13 Å². The minimum Gasteiger partial charge on any atom is -0.378 e. The zero-order valence-corrected chi connectivity index (χ0v) is 17.8. The number of rotatable bonds is 7. The average molecular weight is 463 g/mol. The lowest BCUT2D eigenvalue weighted by Crippen LogP contribution is -2.39. The molecule has 0 aliphatic heterocycles. The van der Waals surface area contributed by atoms with Gasteiger partial charge in [0.15, 0.2) is 5.96 Å². The van der Waals surface area contributed by atoms with Gasteiger partial charge in [0.2, 0.25) is 0 Å². The van der Waals surface area contributed by atoms with E-state index in [0.29, 0.717) is 11.7 Å². The van der Waals surface area contributed by atoms with Gasteiger partial charge in [-0.15, -0.1) is 24.0 Å². The first-order valence-corrected chi connectivity index (χ1v) is 8.95. The van der Waals surface area contributed by atoms with Crippen LogP contribution in [0.3, 0.4) is 0 Å². The number of hydrogen-bond donors (Lipinski definition) is 2. The van der Waals surface area contributed by atoms with Crippen molar-refractivity contribution in [3.8, 4) is 0 Å². The molecule has 6 heteroatoms. The van der Waals surface area contributed by atoms with E-state index in [-0.39, 0.29) is 35.8 Å². The smallest absolute Gasteiger partial charge is 0.191 e. The summed E-state index contributed by atoms with van der Waals surface area (Å²) in [6.07, 6.45) is 6.44. The summed E-state index contributed by atoms with van der Waals surface area (Å²) >= 11 is 0. The molecule has 1 aliphatic rings. The van der Waals surface area contributed by atoms with E-state index in [1.165, 1.54) is 25.7 Å². The lowest BCUT2D eigenvalue weighted by molar-refractivity contribution is 0.0574. The summed E-state index contributed by atoms with van der Waals surface area (Å²) in [5.41, 5.74) is 1.57. The van der Waals surface area contributed by atoms with Gasteiger partial charge in [-0.25, -0.2) is 4.39 Å². The Morgan fingerprint density at radius 2 is 2.08 bits per heavy atom. The van der Waals surface area contributed by atoms with Crippen molar-refractivity contribution in [2.45, 2.75) is 58.1 Å². The Balaban J connectivity index is 0.00000312. The van der Waals surface area contributed by atoms with Gasteiger partial charge in [-0.3, -0.25) is 4.99 Å². The standard InChI is InChI=1S/C19H30FN3O.HI/c1-14-9-10-16(13-18(14)20)15(2)23-19(21-3)22-11-6-12-24-17-7-4-5-8-17;/h9-10,13,15,17H,4-8,11-12H2,1-3H3,(H2,21,22,23);1H. The molecule has 0 radical (unpaired) electrons. The van der Waals surface area contributed by atoms with E-state index < -0.39 is 0 Å². The Morgan fingerprint density at radius 3 is 2.72 bits per heavy atom. The average Bonchev–Trinajstić information content (AvgIpc) is 3.09. The number of aliphatic imine (C=N–C) groups is 1. The first-order valence-electron chi connectivity index (χ1n) is 8.95. The van der Waals surface area contributed by atoms with Gasteiger partial charge in [-0.05, 0) is 50.3 Å². The van der Waals surface area contributed by atoms with Crippen LogP contribution in [0.25, 0.3) is 0 Å². The molecule has 142 valence electrons.